The van der Waals surface area contributed by atoms with Crippen LogP contribution in [0.25, 0.3) is 0 Å². The van der Waals surface area contributed by atoms with E-state index < -0.39 is 38.3 Å². The van der Waals surface area contributed by atoms with Gasteiger partial charge in [-0.2, -0.15) is 16.8 Å². The molecule has 0 radical (unpaired) electrons. The van der Waals surface area contributed by atoms with E-state index >= 15 is 0 Å². The molecule has 14 heteroatoms. The first-order valence-electron chi connectivity index (χ1n) is 8.40. The lowest BCUT2D eigenvalue weighted by Gasteiger charge is -2.09. The lowest BCUT2D eigenvalue weighted by molar-refractivity contribution is 0.412. The van der Waals surface area contributed by atoms with Gasteiger partial charge in [0, 0.05) is 27.8 Å². The molecule has 0 amide bonds. The highest BCUT2D eigenvalue weighted by molar-refractivity contribution is 7.86. The normalized spacial score (nSPS) is 11.9. The molecule has 164 valence electrons. The second-order valence-electron chi connectivity index (χ2n) is 6.06. The predicted molar refractivity (Wildman–Crippen MR) is 109 cm³/mol. The molecule has 0 saturated carbocycles. The van der Waals surface area contributed by atoms with Crippen molar-refractivity contribution in [1.29, 1.82) is 0 Å². The fourth-order valence-electron chi connectivity index (χ4n) is 2.58. The van der Waals surface area contributed by atoms with Crippen molar-refractivity contribution in [3.05, 3.63) is 35.4 Å². The maximum Gasteiger partial charge on any atom is 0.805 e. The van der Waals surface area contributed by atoms with Crippen LogP contribution < -0.4 is 20.5 Å². The number of anilines is 2. The minimum atomic E-state index is -4.56. The Kier molecular flexibility index (Phi) is 6.94. The summed E-state index contributed by atoms with van der Waals surface area (Å²) >= 11 is 0. The van der Waals surface area contributed by atoms with E-state index in [1.54, 1.807) is 13.8 Å². The Morgan fingerprint density at radius 3 is 1.40 bits per heavy atom. The molecule has 0 aromatic heterocycles. The SMILES string of the molecule is CCc1cc(S(=O)(=O)O)c(N)cc1O[P+](=O)Oc1cc(N)c(S(=O)(=O)O)cc1CC. The molecule has 0 saturated heterocycles. The van der Waals surface area contributed by atoms with Gasteiger partial charge in [-0.15, -0.1) is 0 Å². The number of benzene rings is 2. The van der Waals surface area contributed by atoms with Crippen molar-refractivity contribution in [1.82, 2.24) is 0 Å². The van der Waals surface area contributed by atoms with E-state index in [9.17, 15) is 30.5 Å². The fourth-order valence-corrected chi connectivity index (χ4v) is 4.58. The zero-order chi connectivity index (χ0) is 22.9. The van der Waals surface area contributed by atoms with Crippen molar-refractivity contribution < 1.29 is 39.6 Å². The van der Waals surface area contributed by atoms with Gasteiger partial charge in [-0.25, -0.2) is 9.05 Å². The lowest BCUT2D eigenvalue weighted by Crippen LogP contribution is -2.06. The topological polar surface area (TPSA) is 196 Å². The highest BCUT2D eigenvalue weighted by Gasteiger charge is 2.30. The molecule has 0 atom stereocenters. The third-order valence-corrected chi connectivity index (χ3v) is 6.56. The molecule has 2 aromatic carbocycles. The standard InChI is InChI=1S/C16H19N2O9PS2/c1-3-9-5-15(29(20,21)22)11(17)7-13(9)26-28(19)27-14-8-12(18)16(30(23,24)25)6-10(14)4-2/h5-8H,3-4,17-18H2,1-2H3,(H-,20,21,22,23,24,25)/p+1. The summed E-state index contributed by atoms with van der Waals surface area (Å²) in [5.74, 6) is -0.0480. The van der Waals surface area contributed by atoms with E-state index in [4.69, 9.17) is 20.5 Å². The average molecular weight is 479 g/mol. The van der Waals surface area contributed by atoms with E-state index in [2.05, 4.69) is 0 Å². The molecular formula is C16H20N2O9PS2+. The van der Waals surface area contributed by atoms with Gasteiger partial charge in [0.1, 0.15) is 9.79 Å². The molecular weight excluding hydrogens is 459 g/mol. The van der Waals surface area contributed by atoms with Gasteiger partial charge >= 0.3 is 8.25 Å². The minimum Gasteiger partial charge on any atom is -0.397 e. The van der Waals surface area contributed by atoms with Crippen LogP contribution in [0.4, 0.5) is 11.4 Å². The summed E-state index contributed by atoms with van der Waals surface area (Å²) in [6.07, 6.45) is 0.523. The molecule has 0 spiro atoms. The molecule has 0 aliphatic rings. The molecule has 6 N–H and O–H groups in total. The van der Waals surface area contributed by atoms with Crippen LogP contribution >= 0.6 is 8.25 Å². The van der Waals surface area contributed by atoms with E-state index in [1.165, 1.54) is 0 Å². The van der Waals surface area contributed by atoms with Gasteiger partial charge in [0.15, 0.2) is 11.5 Å². The number of hydrogen-bond donors (Lipinski definition) is 4. The van der Waals surface area contributed by atoms with E-state index in [-0.39, 0.29) is 35.7 Å². The smallest absolute Gasteiger partial charge is 0.397 e. The van der Waals surface area contributed by atoms with Gasteiger partial charge in [0.05, 0.1) is 11.4 Å². The van der Waals surface area contributed by atoms with Crippen LogP contribution in [-0.2, 0) is 37.6 Å². The molecule has 0 unspecified atom stereocenters. The van der Waals surface area contributed by atoms with Crippen molar-refractivity contribution in [3.8, 4) is 11.5 Å². The first-order chi connectivity index (χ1) is 13.8. The van der Waals surface area contributed by atoms with Gasteiger partial charge in [0.25, 0.3) is 20.2 Å². The molecule has 0 aliphatic carbocycles. The lowest BCUT2D eigenvalue weighted by atomic mass is 10.1. The quantitative estimate of drug-likeness (QED) is 0.247. The van der Waals surface area contributed by atoms with Crippen LogP contribution in [0.2, 0.25) is 0 Å². The summed E-state index contributed by atoms with van der Waals surface area (Å²) in [5.41, 5.74) is 11.2. The molecule has 0 fully saturated rings. The Hall–Kier alpha value is -2.44. The van der Waals surface area contributed by atoms with Crippen molar-refractivity contribution in [2.75, 3.05) is 11.5 Å². The zero-order valence-electron chi connectivity index (χ0n) is 15.9. The number of rotatable bonds is 8. The molecule has 0 aliphatic heterocycles. The third kappa shape index (κ3) is 5.37. The first-order valence-corrected chi connectivity index (χ1v) is 12.4. The summed E-state index contributed by atoms with van der Waals surface area (Å²) in [4.78, 5) is -1.02. The Morgan fingerprint density at radius 1 is 0.800 bits per heavy atom. The number of aryl methyl sites for hydroxylation is 2. The summed E-state index contributed by atoms with van der Waals surface area (Å²) in [6, 6.07) is 4.38. The van der Waals surface area contributed by atoms with Gasteiger partial charge in [-0.1, -0.05) is 13.8 Å². The summed E-state index contributed by atoms with van der Waals surface area (Å²) in [7, 11) is -12.0. The summed E-state index contributed by atoms with van der Waals surface area (Å²) < 4.78 is 86.8. The maximum absolute atomic E-state index is 12.4. The Labute approximate surface area is 174 Å². The van der Waals surface area contributed by atoms with Crippen LogP contribution in [0, 0.1) is 0 Å². The average Bonchev–Trinajstić information content (AvgIpc) is 2.59. The Balaban J connectivity index is 2.37. The van der Waals surface area contributed by atoms with Crippen molar-refractivity contribution >= 4 is 39.9 Å². The fraction of sp³-hybridized carbons (Fsp3) is 0.250. The van der Waals surface area contributed by atoms with Gasteiger partial charge in [-0.05, 0) is 25.0 Å². The molecule has 0 bridgehead atoms. The largest absolute Gasteiger partial charge is 0.805 e. The van der Waals surface area contributed by atoms with Crippen LogP contribution in [0.5, 0.6) is 11.5 Å². The monoisotopic (exact) mass is 479 g/mol. The van der Waals surface area contributed by atoms with Crippen molar-refractivity contribution in [3.63, 3.8) is 0 Å². The van der Waals surface area contributed by atoms with Gasteiger partial charge < -0.3 is 11.5 Å². The van der Waals surface area contributed by atoms with E-state index in [0.717, 1.165) is 24.3 Å². The van der Waals surface area contributed by atoms with E-state index in [1.807, 2.05) is 0 Å². The highest BCUT2D eigenvalue weighted by atomic mass is 32.2. The van der Waals surface area contributed by atoms with Crippen LogP contribution in [0.15, 0.2) is 34.1 Å². The molecule has 11 nitrogen and oxygen atoms in total. The number of nitrogen functional groups attached to an aromatic ring is 2. The van der Waals surface area contributed by atoms with Crippen LogP contribution in [0.3, 0.4) is 0 Å². The molecule has 0 heterocycles. The zero-order valence-corrected chi connectivity index (χ0v) is 18.4. The van der Waals surface area contributed by atoms with Gasteiger partial charge in [0.2, 0.25) is 0 Å². The molecule has 2 aromatic rings. The number of hydrogen-bond acceptors (Lipinski definition) is 9. The molecule has 2 rings (SSSR count). The minimum absolute atomic E-state index is 0.0240. The van der Waals surface area contributed by atoms with Crippen LogP contribution in [0.1, 0.15) is 25.0 Å². The predicted octanol–water partition coefficient (Wildman–Crippen LogP) is 2.58. The second kappa shape index (κ2) is 8.74. The van der Waals surface area contributed by atoms with E-state index in [0.29, 0.717) is 11.1 Å². The second-order valence-corrected chi connectivity index (χ2v) is 9.65. The highest BCUT2D eigenvalue weighted by Crippen LogP contribution is 2.39. The summed E-state index contributed by atoms with van der Waals surface area (Å²) in [6.45, 7) is 3.34. The van der Waals surface area contributed by atoms with Crippen molar-refractivity contribution in [2.24, 2.45) is 0 Å². The Bertz CT molecular complexity index is 1120. The molecule has 30 heavy (non-hydrogen) atoms. The number of nitrogens with two attached hydrogens (primary N) is 2. The third-order valence-electron chi connectivity index (χ3n) is 4.05. The first kappa shape index (κ1) is 23.8. The Morgan fingerprint density at radius 2 is 1.13 bits per heavy atom. The van der Waals surface area contributed by atoms with Crippen LogP contribution in [-0.4, -0.2) is 25.9 Å². The van der Waals surface area contributed by atoms with Gasteiger partial charge in [-0.3, -0.25) is 9.11 Å². The maximum atomic E-state index is 12.4. The summed E-state index contributed by atoms with van der Waals surface area (Å²) in [5, 5.41) is 0. The van der Waals surface area contributed by atoms with Crippen molar-refractivity contribution in [2.45, 2.75) is 36.5 Å².